The minimum absolute atomic E-state index is 0.0640. The van der Waals surface area contributed by atoms with Crippen molar-refractivity contribution in [3.05, 3.63) is 23.8 Å². The quantitative estimate of drug-likeness (QED) is 0.575. The van der Waals surface area contributed by atoms with Crippen molar-refractivity contribution in [3.8, 4) is 11.5 Å². The molecule has 1 atom stereocenters. The highest BCUT2D eigenvalue weighted by Gasteiger charge is 2.15. The number of rotatable bonds is 6. The van der Waals surface area contributed by atoms with E-state index in [9.17, 15) is 10.2 Å². The molecule has 90 valence electrons. The first-order valence-electron chi connectivity index (χ1n) is 5.83. The molecule has 0 spiro atoms. The standard InChI is InChI=1S/C13H20O3/c1-3-5-9-16-12(4-2)10-7-6-8-11(14)13(10)15/h6-8,12,14-15H,3-5,9H2,1-2H3. The van der Waals surface area contributed by atoms with E-state index in [4.69, 9.17) is 4.74 Å². The number of para-hydroxylation sites is 1. The van der Waals surface area contributed by atoms with Crippen LogP contribution in [0, 0.1) is 0 Å². The number of hydrogen-bond acceptors (Lipinski definition) is 3. The fourth-order valence-corrected chi connectivity index (χ4v) is 1.61. The fourth-order valence-electron chi connectivity index (χ4n) is 1.61. The highest BCUT2D eigenvalue weighted by molar-refractivity contribution is 5.45. The Morgan fingerprint density at radius 1 is 1.25 bits per heavy atom. The average molecular weight is 224 g/mol. The number of aromatic hydroxyl groups is 2. The zero-order chi connectivity index (χ0) is 12.0. The Hall–Kier alpha value is -1.22. The Balaban J connectivity index is 2.74. The molecular weight excluding hydrogens is 204 g/mol. The lowest BCUT2D eigenvalue weighted by molar-refractivity contribution is 0.0463. The predicted molar refractivity (Wildman–Crippen MR) is 63.7 cm³/mol. The van der Waals surface area contributed by atoms with Crippen molar-refractivity contribution in [2.24, 2.45) is 0 Å². The number of phenols is 2. The lowest BCUT2D eigenvalue weighted by atomic mass is 10.1. The summed E-state index contributed by atoms with van der Waals surface area (Å²) in [6.45, 7) is 4.79. The highest BCUT2D eigenvalue weighted by atomic mass is 16.5. The third-order valence-electron chi connectivity index (χ3n) is 2.58. The maximum absolute atomic E-state index is 9.73. The summed E-state index contributed by atoms with van der Waals surface area (Å²) in [7, 11) is 0. The summed E-state index contributed by atoms with van der Waals surface area (Å²) in [5.41, 5.74) is 0.665. The van der Waals surface area contributed by atoms with Gasteiger partial charge in [0, 0.05) is 12.2 Å². The van der Waals surface area contributed by atoms with E-state index in [1.807, 2.05) is 6.92 Å². The van der Waals surface area contributed by atoms with Gasteiger partial charge in [-0.25, -0.2) is 0 Å². The molecule has 0 aliphatic rings. The Bertz CT molecular complexity index is 323. The van der Waals surface area contributed by atoms with Gasteiger partial charge in [0.2, 0.25) is 0 Å². The number of phenolic OH excluding ortho intramolecular Hbond substituents is 2. The van der Waals surface area contributed by atoms with E-state index in [1.54, 1.807) is 12.1 Å². The molecule has 0 heterocycles. The highest BCUT2D eigenvalue weighted by Crippen LogP contribution is 2.35. The molecular formula is C13H20O3. The number of unbranched alkanes of at least 4 members (excludes halogenated alkanes) is 1. The summed E-state index contributed by atoms with van der Waals surface area (Å²) < 4.78 is 5.68. The first kappa shape index (κ1) is 12.8. The van der Waals surface area contributed by atoms with Gasteiger partial charge in [-0.15, -0.1) is 0 Å². The molecule has 0 radical (unpaired) electrons. The summed E-state index contributed by atoms with van der Waals surface area (Å²) in [6, 6.07) is 4.98. The Kier molecular flexibility index (Phi) is 5.12. The van der Waals surface area contributed by atoms with E-state index in [1.165, 1.54) is 6.07 Å². The fraction of sp³-hybridized carbons (Fsp3) is 0.538. The van der Waals surface area contributed by atoms with E-state index in [0.29, 0.717) is 12.2 Å². The minimum atomic E-state index is -0.140. The molecule has 0 aliphatic heterocycles. The molecule has 1 aromatic carbocycles. The Morgan fingerprint density at radius 2 is 2.00 bits per heavy atom. The largest absolute Gasteiger partial charge is 0.504 e. The number of ether oxygens (including phenoxy) is 1. The van der Waals surface area contributed by atoms with E-state index in [2.05, 4.69) is 6.92 Å². The Labute approximate surface area is 96.7 Å². The second-order valence-corrected chi connectivity index (χ2v) is 3.84. The molecule has 3 heteroatoms. The predicted octanol–water partition coefficient (Wildman–Crippen LogP) is 3.37. The van der Waals surface area contributed by atoms with Crippen LogP contribution in [0.25, 0.3) is 0 Å². The topological polar surface area (TPSA) is 49.7 Å². The van der Waals surface area contributed by atoms with E-state index in [-0.39, 0.29) is 17.6 Å². The van der Waals surface area contributed by atoms with Gasteiger partial charge in [0.15, 0.2) is 11.5 Å². The second-order valence-electron chi connectivity index (χ2n) is 3.84. The van der Waals surface area contributed by atoms with E-state index >= 15 is 0 Å². The van der Waals surface area contributed by atoms with Crippen LogP contribution in [-0.2, 0) is 4.74 Å². The van der Waals surface area contributed by atoms with Gasteiger partial charge in [-0.3, -0.25) is 0 Å². The lowest BCUT2D eigenvalue weighted by Gasteiger charge is -2.17. The zero-order valence-corrected chi connectivity index (χ0v) is 9.94. The van der Waals surface area contributed by atoms with Crippen LogP contribution in [-0.4, -0.2) is 16.8 Å². The van der Waals surface area contributed by atoms with Gasteiger partial charge in [0.25, 0.3) is 0 Å². The van der Waals surface area contributed by atoms with Crippen LogP contribution >= 0.6 is 0 Å². The van der Waals surface area contributed by atoms with Crippen LogP contribution in [0.4, 0.5) is 0 Å². The van der Waals surface area contributed by atoms with Crippen LogP contribution in [0.2, 0.25) is 0 Å². The van der Waals surface area contributed by atoms with Crippen molar-refractivity contribution in [2.45, 2.75) is 39.2 Å². The average Bonchev–Trinajstić information content (AvgIpc) is 2.29. The normalized spacial score (nSPS) is 12.6. The third kappa shape index (κ3) is 3.14. The molecule has 2 N–H and O–H groups in total. The van der Waals surface area contributed by atoms with Gasteiger partial charge in [-0.05, 0) is 18.9 Å². The molecule has 0 fully saturated rings. The number of benzene rings is 1. The summed E-state index contributed by atoms with van der Waals surface area (Å²) in [6.07, 6.45) is 2.73. The van der Waals surface area contributed by atoms with Gasteiger partial charge in [0.05, 0.1) is 6.10 Å². The molecule has 0 amide bonds. The van der Waals surface area contributed by atoms with Gasteiger partial charge < -0.3 is 14.9 Å². The lowest BCUT2D eigenvalue weighted by Crippen LogP contribution is -2.04. The van der Waals surface area contributed by atoms with Crippen LogP contribution in [0.15, 0.2) is 18.2 Å². The molecule has 16 heavy (non-hydrogen) atoms. The first-order chi connectivity index (χ1) is 7.70. The molecule has 0 bridgehead atoms. The summed E-state index contributed by atoms with van der Waals surface area (Å²) in [4.78, 5) is 0. The molecule has 1 unspecified atom stereocenters. The minimum Gasteiger partial charge on any atom is -0.504 e. The second kappa shape index (κ2) is 6.38. The van der Waals surface area contributed by atoms with Crippen molar-refractivity contribution < 1.29 is 14.9 Å². The van der Waals surface area contributed by atoms with Crippen LogP contribution in [0.1, 0.15) is 44.8 Å². The third-order valence-corrected chi connectivity index (χ3v) is 2.58. The summed E-state index contributed by atoms with van der Waals surface area (Å²) >= 11 is 0. The van der Waals surface area contributed by atoms with E-state index in [0.717, 1.165) is 19.3 Å². The Morgan fingerprint density at radius 3 is 2.62 bits per heavy atom. The molecule has 1 rings (SSSR count). The van der Waals surface area contributed by atoms with E-state index < -0.39 is 0 Å². The smallest absolute Gasteiger partial charge is 0.163 e. The molecule has 1 aromatic rings. The van der Waals surface area contributed by atoms with Crippen molar-refractivity contribution in [1.82, 2.24) is 0 Å². The molecule has 3 nitrogen and oxygen atoms in total. The summed E-state index contributed by atoms with van der Waals surface area (Å²) in [5.74, 6) is -0.152. The molecule has 0 aliphatic carbocycles. The summed E-state index contributed by atoms with van der Waals surface area (Å²) in [5, 5.41) is 19.1. The van der Waals surface area contributed by atoms with Crippen LogP contribution in [0.3, 0.4) is 0 Å². The molecule has 0 aromatic heterocycles. The van der Waals surface area contributed by atoms with Crippen molar-refractivity contribution >= 4 is 0 Å². The van der Waals surface area contributed by atoms with Gasteiger partial charge in [-0.1, -0.05) is 32.4 Å². The maximum Gasteiger partial charge on any atom is 0.163 e. The first-order valence-corrected chi connectivity index (χ1v) is 5.83. The van der Waals surface area contributed by atoms with Crippen LogP contribution in [0.5, 0.6) is 11.5 Å². The molecule has 0 saturated heterocycles. The zero-order valence-electron chi connectivity index (χ0n) is 9.94. The monoisotopic (exact) mass is 224 g/mol. The van der Waals surface area contributed by atoms with Gasteiger partial charge in [-0.2, -0.15) is 0 Å². The molecule has 0 saturated carbocycles. The van der Waals surface area contributed by atoms with Crippen LogP contribution < -0.4 is 0 Å². The van der Waals surface area contributed by atoms with Crippen molar-refractivity contribution in [2.75, 3.05) is 6.61 Å². The van der Waals surface area contributed by atoms with Crippen molar-refractivity contribution in [3.63, 3.8) is 0 Å². The van der Waals surface area contributed by atoms with Gasteiger partial charge >= 0.3 is 0 Å². The maximum atomic E-state index is 9.73. The van der Waals surface area contributed by atoms with Crippen molar-refractivity contribution in [1.29, 1.82) is 0 Å². The SMILES string of the molecule is CCCCOC(CC)c1cccc(O)c1O. The number of hydrogen-bond donors (Lipinski definition) is 2. The van der Waals surface area contributed by atoms with Gasteiger partial charge in [0.1, 0.15) is 0 Å².